The molecule has 3 amide bonds. The second-order valence-corrected chi connectivity index (χ2v) is 5.12. The van der Waals surface area contributed by atoms with E-state index in [4.69, 9.17) is 4.74 Å². The normalized spacial score (nSPS) is 15.1. The maximum Gasteiger partial charge on any atom is 0.333 e. The van der Waals surface area contributed by atoms with E-state index in [1.807, 2.05) is 0 Å². The summed E-state index contributed by atoms with van der Waals surface area (Å²) in [7, 11) is 1.56. The summed E-state index contributed by atoms with van der Waals surface area (Å²) in [6.45, 7) is 0. The molecule has 3 N–H and O–H groups in total. The first-order valence-corrected chi connectivity index (χ1v) is 7.20. The van der Waals surface area contributed by atoms with Gasteiger partial charge in [-0.25, -0.2) is 10.2 Å². The zero-order chi connectivity index (χ0) is 15.1. The Balaban J connectivity index is 1.75. The van der Waals surface area contributed by atoms with Gasteiger partial charge in [-0.3, -0.25) is 10.2 Å². The number of rotatable bonds is 3. The molecule has 21 heavy (non-hydrogen) atoms. The Kier molecular flexibility index (Phi) is 5.43. The van der Waals surface area contributed by atoms with Crippen molar-refractivity contribution < 1.29 is 14.3 Å². The predicted octanol–water partition coefficient (Wildman–Crippen LogP) is 1.97. The Morgan fingerprint density at radius 2 is 1.71 bits per heavy atom. The average molecular weight is 291 g/mol. The van der Waals surface area contributed by atoms with E-state index >= 15 is 0 Å². The molecule has 0 aliphatic heterocycles. The van der Waals surface area contributed by atoms with Crippen molar-refractivity contribution in [1.82, 2.24) is 16.2 Å². The molecule has 0 radical (unpaired) electrons. The van der Waals surface area contributed by atoms with Crippen LogP contribution >= 0.6 is 0 Å². The van der Waals surface area contributed by atoms with E-state index in [9.17, 15) is 9.59 Å². The topological polar surface area (TPSA) is 79.5 Å². The van der Waals surface area contributed by atoms with Gasteiger partial charge in [-0.15, -0.1) is 0 Å². The van der Waals surface area contributed by atoms with Crippen molar-refractivity contribution in [2.24, 2.45) is 0 Å². The maximum atomic E-state index is 11.8. The van der Waals surface area contributed by atoms with Crippen molar-refractivity contribution in [3.63, 3.8) is 0 Å². The van der Waals surface area contributed by atoms with E-state index in [0.717, 1.165) is 25.7 Å². The molecule has 6 nitrogen and oxygen atoms in total. The second kappa shape index (κ2) is 7.52. The molecule has 2 rings (SSSR count). The van der Waals surface area contributed by atoms with Crippen LogP contribution in [0.1, 0.15) is 42.5 Å². The zero-order valence-corrected chi connectivity index (χ0v) is 12.1. The number of hydrazine groups is 1. The third kappa shape index (κ3) is 4.66. The molecule has 1 fully saturated rings. The largest absolute Gasteiger partial charge is 0.497 e. The summed E-state index contributed by atoms with van der Waals surface area (Å²) in [6, 6.07) is 6.48. The molecule has 6 heteroatoms. The fourth-order valence-electron chi connectivity index (χ4n) is 2.40. The highest BCUT2D eigenvalue weighted by Crippen LogP contribution is 2.17. The van der Waals surface area contributed by atoms with Crippen LogP contribution in [0.2, 0.25) is 0 Å². The number of carbonyl (C=O) groups excluding carboxylic acids is 2. The molecule has 114 valence electrons. The van der Waals surface area contributed by atoms with E-state index < -0.39 is 0 Å². The Bertz CT molecular complexity index is 481. The first-order valence-electron chi connectivity index (χ1n) is 7.20. The highest BCUT2D eigenvalue weighted by Gasteiger charge is 2.15. The number of carbonyl (C=O) groups is 2. The van der Waals surface area contributed by atoms with Gasteiger partial charge in [0.05, 0.1) is 7.11 Å². The minimum atomic E-state index is -0.372. The number of amides is 3. The fourth-order valence-corrected chi connectivity index (χ4v) is 2.40. The van der Waals surface area contributed by atoms with E-state index in [2.05, 4.69) is 16.2 Å². The van der Waals surface area contributed by atoms with Crippen LogP contribution in [0.4, 0.5) is 4.79 Å². The molecule has 1 saturated carbocycles. The summed E-state index contributed by atoms with van der Waals surface area (Å²) in [5.41, 5.74) is 5.21. The van der Waals surface area contributed by atoms with Crippen molar-refractivity contribution >= 4 is 11.9 Å². The summed E-state index contributed by atoms with van der Waals surface area (Å²) >= 11 is 0. The van der Waals surface area contributed by atoms with Gasteiger partial charge in [0.15, 0.2) is 0 Å². The summed E-state index contributed by atoms with van der Waals surface area (Å²) in [5, 5.41) is 2.86. The number of methoxy groups -OCH3 is 1. The quantitative estimate of drug-likeness (QED) is 0.745. The van der Waals surface area contributed by atoms with Crippen LogP contribution in [0.25, 0.3) is 0 Å². The Morgan fingerprint density at radius 1 is 1.05 bits per heavy atom. The maximum absolute atomic E-state index is 11.8. The van der Waals surface area contributed by atoms with E-state index in [1.165, 1.54) is 6.42 Å². The van der Waals surface area contributed by atoms with Crippen LogP contribution in [0.3, 0.4) is 0 Å². The lowest BCUT2D eigenvalue weighted by atomic mass is 9.96. The first-order chi connectivity index (χ1) is 10.2. The minimum absolute atomic E-state index is 0.205. The van der Waals surface area contributed by atoms with Gasteiger partial charge in [-0.2, -0.15) is 0 Å². The first kappa shape index (κ1) is 15.2. The lowest BCUT2D eigenvalue weighted by molar-refractivity contribution is 0.0935. The highest BCUT2D eigenvalue weighted by molar-refractivity contribution is 5.95. The SMILES string of the molecule is COc1ccc(C(=O)NNC(=O)NC2CCCCC2)cc1. The van der Waals surface area contributed by atoms with Crippen molar-refractivity contribution in [2.75, 3.05) is 7.11 Å². The predicted molar refractivity (Wildman–Crippen MR) is 79.0 cm³/mol. The average Bonchev–Trinajstić information content (AvgIpc) is 2.53. The van der Waals surface area contributed by atoms with E-state index in [1.54, 1.807) is 31.4 Å². The monoisotopic (exact) mass is 291 g/mol. The van der Waals surface area contributed by atoms with E-state index in [0.29, 0.717) is 11.3 Å². The summed E-state index contributed by atoms with van der Waals surface area (Å²) in [4.78, 5) is 23.5. The van der Waals surface area contributed by atoms with Crippen molar-refractivity contribution in [1.29, 1.82) is 0 Å². The molecule has 1 aliphatic rings. The van der Waals surface area contributed by atoms with Gasteiger partial charge in [-0.05, 0) is 37.1 Å². The van der Waals surface area contributed by atoms with Gasteiger partial charge in [0, 0.05) is 11.6 Å². The second-order valence-electron chi connectivity index (χ2n) is 5.12. The smallest absolute Gasteiger partial charge is 0.333 e. The molecule has 0 bridgehead atoms. The number of urea groups is 1. The summed E-state index contributed by atoms with van der Waals surface area (Å²) in [6.07, 6.45) is 5.51. The lowest BCUT2D eigenvalue weighted by Crippen LogP contribution is -2.50. The van der Waals surface area contributed by atoms with E-state index in [-0.39, 0.29) is 18.0 Å². The molecule has 1 aliphatic carbocycles. The molecule has 0 spiro atoms. The minimum Gasteiger partial charge on any atom is -0.497 e. The van der Waals surface area contributed by atoms with Crippen LogP contribution in [0.15, 0.2) is 24.3 Å². The van der Waals surface area contributed by atoms with Gasteiger partial charge in [0.2, 0.25) is 0 Å². The van der Waals surface area contributed by atoms with Crippen LogP contribution in [0, 0.1) is 0 Å². The molecule has 0 unspecified atom stereocenters. The van der Waals surface area contributed by atoms with Gasteiger partial charge in [0.25, 0.3) is 5.91 Å². The third-order valence-electron chi connectivity index (χ3n) is 3.58. The molecular formula is C15H21N3O3. The molecule has 0 heterocycles. The Morgan fingerprint density at radius 3 is 2.33 bits per heavy atom. The van der Waals surface area contributed by atoms with Crippen molar-refractivity contribution in [3.05, 3.63) is 29.8 Å². The Hall–Kier alpha value is -2.24. The number of benzene rings is 1. The standard InChI is InChI=1S/C15H21N3O3/c1-21-13-9-7-11(8-10-13)14(19)17-18-15(20)16-12-5-3-2-4-6-12/h7-10,12H,2-6H2,1H3,(H,17,19)(H2,16,18,20). The van der Waals surface area contributed by atoms with Crippen LogP contribution in [-0.2, 0) is 0 Å². The molecule has 0 atom stereocenters. The molecule has 1 aromatic carbocycles. The fraction of sp³-hybridized carbons (Fsp3) is 0.467. The van der Waals surface area contributed by atoms with Gasteiger partial charge in [0.1, 0.15) is 5.75 Å². The summed E-state index contributed by atoms with van der Waals surface area (Å²) in [5.74, 6) is 0.311. The number of hydrogen-bond donors (Lipinski definition) is 3. The lowest BCUT2D eigenvalue weighted by Gasteiger charge is -2.22. The van der Waals surface area contributed by atoms with Gasteiger partial charge in [-0.1, -0.05) is 19.3 Å². The van der Waals surface area contributed by atoms with Gasteiger partial charge < -0.3 is 10.1 Å². The molecule has 0 aromatic heterocycles. The van der Waals surface area contributed by atoms with Crippen LogP contribution in [-0.4, -0.2) is 25.1 Å². The summed E-state index contributed by atoms with van der Waals surface area (Å²) < 4.78 is 5.02. The zero-order valence-electron chi connectivity index (χ0n) is 12.1. The van der Waals surface area contributed by atoms with Crippen LogP contribution < -0.4 is 20.9 Å². The van der Waals surface area contributed by atoms with Crippen LogP contribution in [0.5, 0.6) is 5.75 Å². The molecule has 1 aromatic rings. The number of hydrogen-bond acceptors (Lipinski definition) is 3. The van der Waals surface area contributed by atoms with Crippen molar-refractivity contribution in [2.45, 2.75) is 38.1 Å². The third-order valence-corrected chi connectivity index (χ3v) is 3.58. The van der Waals surface area contributed by atoms with Crippen molar-refractivity contribution in [3.8, 4) is 5.75 Å². The Labute approximate surface area is 124 Å². The molecule has 0 saturated heterocycles. The highest BCUT2D eigenvalue weighted by atomic mass is 16.5. The number of nitrogens with one attached hydrogen (secondary N) is 3. The number of ether oxygens (including phenoxy) is 1. The van der Waals surface area contributed by atoms with Gasteiger partial charge >= 0.3 is 6.03 Å². The molecular weight excluding hydrogens is 270 g/mol.